The summed E-state index contributed by atoms with van der Waals surface area (Å²) < 4.78 is 19.9. The fourth-order valence-corrected chi connectivity index (χ4v) is 9.14. The number of allylic oxidation sites excluding steroid dienone is 1. The molecule has 1 saturated carbocycles. The van der Waals surface area contributed by atoms with Crippen LogP contribution in [0.2, 0.25) is 0 Å². The molecule has 1 aliphatic heterocycles. The smallest absolute Gasteiger partial charge is 0.269 e. The number of fused-ring (bicyclic) bond motifs is 2. The molecule has 2 aliphatic carbocycles. The monoisotopic (exact) mass is 838 g/mol. The van der Waals surface area contributed by atoms with E-state index in [2.05, 4.69) is 18.7 Å². The number of aromatic hydroxyl groups is 1. The molecule has 0 unspecified atom stereocenters. The summed E-state index contributed by atoms with van der Waals surface area (Å²) in [4.78, 5) is 33.5. The highest BCUT2D eigenvalue weighted by molar-refractivity contribution is 6.03. The molecule has 4 N–H and O–H groups in total. The van der Waals surface area contributed by atoms with Crippen LogP contribution in [0.3, 0.4) is 0 Å². The first-order valence-electron chi connectivity index (χ1n) is 20.8. The standard InChI is InChI=1S/C46H54N4O11/c1-2-23-59-46-42(49(19-24-58-25-22-53)45(55)33-13-9-31(29-47)10-14-33)28-40(48-60-30-32-11-15-35(16-12-32)50(56)57)38-26-34(7-3-5-20-51)37(8-4-6-21-52)43(44(38)46)39-27-36(54)17-18-41(39)61-46/h2,9-18,26-27,34,37,42-44,51-54H,1,3-8,19-25,28,30H2/t34-,37+,42-,43+,44+,46+/m0/s1. The maximum absolute atomic E-state index is 14.9. The number of nitriles is 1. The summed E-state index contributed by atoms with van der Waals surface area (Å²) in [6.45, 7) is 3.99. The summed E-state index contributed by atoms with van der Waals surface area (Å²) in [5.41, 5.74) is 3.36. The molecular formula is C46H54N4O11. The molecule has 3 aromatic carbocycles. The number of nitrogens with zero attached hydrogens (tertiary/aromatic N) is 4. The summed E-state index contributed by atoms with van der Waals surface area (Å²) in [5.74, 6) is -2.53. The van der Waals surface area contributed by atoms with Crippen molar-refractivity contribution < 1.29 is 49.2 Å². The van der Waals surface area contributed by atoms with Gasteiger partial charge < -0.3 is 44.4 Å². The van der Waals surface area contributed by atoms with E-state index in [1.165, 1.54) is 12.1 Å². The van der Waals surface area contributed by atoms with E-state index >= 15 is 0 Å². The Kier molecular flexibility index (Phi) is 15.6. The van der Waals surface area contributed by atoms with E-state index < -0.39 is 28.6 Å². The van der Waals surface area contributed by atoms with E-state index in [1.54, 1.807) is 65.6 Å². The molecule has 61 heavy (non-hydrogen) atoms. The van der Waals surface area contributed by atoms with Crippen molar-refractivity contribution in [2.24, 2.45) is 22.9 Å². The summed E-state index contributed by atoms with van der Waals surface area (Å²) >= 11 is 0. The first kappa shape index (κ1) is 44.9. The molecule has 3 aromatic rings. The van der Waals surface area contributed by atoms with Gasteiger partial charge in [0.25, 0.3) is 11.6 Å². The van der Waals surface area contributed by atoms with Crippen molar-refractivity contribution in [3.8, 4) is 17.6 Å². The van der Waals surface area contributed by atoms with Crippen molar-refractivity contribution >= 4 is 17.3 Å². The van der Waals surface area contributed by atoms with Crippen LogP contribution in [0.1, 0.15) is 77.9 Å². The molecule has 1 fully saturated rings. The van der Waals surface area contributed by atoms with Crippen LogP contribution in [0, 0.1) is 39.2 Å². The Morgan fingerprint density at radius 1 is 1.02 bits per heavy atom. The topological polar surface area (TPSA) is 217 Å². The molecule has 15 heteroatoms. The Morgan fingerprint density at radius 2 is 1.75 bits per heavy atom. The Morgan fingerprint density at radius 3 is 2.43 bits per heavy atom. The first-order valence-corrected chi connectivity index (χ1v) is 20.8. The zero-order valence-corrected chi connectivity index (χ0v) is 34.1. The van der Waals surface area contributed by atoms with Crippen molar-refractivity contribution in [3.05, 3.63) is 123 Å². The second-order valence-electron chi connectivity index (χ2n) is 15.5. The lowest BCUT2D eigenvalue weighted by Crippen LogP contribution is -2.70. The number of phenols is 1. The largest absolute Gasteiger partial charge is 0.508 e. The highest BCUT2D eigenvalue weighted by Crippen LogP contribution is 2.62. The van der Waals surface area contributed by atoms with Gasteiger partial charge in [0.15, 0.2) is 0 Å². The van der Waals surface area contributed by atoms with Crippen molar-refractivity contribution in [2.45, 2.75) is 69.3 Å². The lowest BCUT2D eigenvalue weighted by atomic mass is 9.55. The predicted octanol–water partition coefficient (Wildman–Crippen LogP) is 6.16. The van der Waals surface area contributed by atoms with Crippen LogP contribution in [0.15, 0.2) is 96.2 Å². The van der Waals surface area contributed by atoms with Gasteiger partial charge in [-0.2, -0.15) is 5.26 Å². The molecule has 3 aliphatic rings. The van der Waals surface area contributed by atoms with Gasteiger partial charge in [0.1, 0.15) is 24.1 Å². The van der Waals surface area contributed by atoms with Gasteiger partial charge in [0.2, 0.25) is 5.79 Å². The third-order valence-corrected chi connectivity index (χ3v) is 11.8. The number of carbonyl (C=O) groups excluding carboxylic acids is 1. The minimum Gasteiger partial charge on any atom is -0.508 e. The number of ether oxygens (including phenoxy) is 3. The number of unbranched alkanes of at least 4 members (excludes halogenated alkanes) is 2. The summed E-state index contributed by atoms with van der Waals surface area (Å²) in [7, 11) is 0. The van der Waals surface area contributed by atoms with Gasteiger partial charge in [-0.3, -0.25) is 14.9 Å². The Hall–Kier alpha value is -5.63. The summed E-state index contributed by atoms with van der Waals surface area (Å²) in [6.07, 6.45) is 8.00. The maximum Gasteiger partial charge on any atom is 0.269 e. The zero-order chi connectivity index (χ0) is 43.4. The van der Waals surface area contributed by atoms with Crippen LogP contribution in [0.4, 0.5) is 5.69 Å². The number of oxime groups is 1. The van der Waals surface area contributed by atoms with Crippen LogP contribution in [0.25, 0.3) is 0 Å². The summed E-state index contributed by atoms with van der Waals surface area (Å²) in [6, 6.07) is 18.5. The third kappa shape index (κ3) is 10.1. The minimum absolute atomic E-state index is 0.00848. The van der Waals surface area contributed by atoms with Gasteiger partial charge >= 0.3 is 0 Å². The number of phenolic OH excluding ortho intramolecular Hbond substituents is 1. The van der Waals surface area contributed by atoms with E-state index in [9.17, 15) is 40.6 Å². The molecule has 15 nitrogen and oxygen atoms in total. The predicted molar refractivity (Wildman–Crippen MR) is 225 cm³/mol. The average Bonchev–Trinajstić information content (AvgIpc) is 3.27. The van der Waals surface area contributed by atoms with Crippen LogP contribution in [-0.4, -0.2) is 99.9 Å². The summed E-state index contributed by atoms with van der Waals surface area (Å²) in [5, 5.41) is 65.9. The lowest BCUT2D eigenvalue weighted by molar-refractivity contribution is -0.384. The number of benzene rings is 3. The minimum atomic E-state index is -1.57. The van der Waals surface area contributed by atoms with Gasteiger partial charge in [0, 0.05) is 55.4 Å². The van der Waals surface area contributed by atoms with Crippen molar-refractivity contribution in [1.29, 1.82) is 5.26 Å². The maximum atomic E-state index is 14.9. The number of carbonyl (C=O) groups is 1. The van der Waals surface area contributed by atoms with Crippen LogP contribution in [-0.2, 0) is 20.9 Å². The number of nitro groups is 1. The molecule has 324 valence electrons. The van der Waals surface area contributed by atoms with E-state index in [4.69, 9.17) is 24.2 Å². The van der Waals surface area contributed by atoms with Crippen molar-refractivity contribution in [1.82, 2.24) is 4.90 Å². The molecule has 0 spiro atoms. The Balaban J connectivity index is 1.57. The number of nitro benzene ring substituents is 1. The van der Waals surface area contributed by atoms with Gasteiger partial charge in [-0.15, -0.1) is 6.58 Å². The van der Waals surface area contributed by atoms with Crippen LogP contribution >= 0.6 is 0 Å². The quantitative estimate of drug-likeness (QED) is 0.0387. The lowest BCUT2D eigenvalue weighted by Gasteiger charge is -2.60. The van der Waals surface area contributed by atoms with Crippen LogP contribution in [0.5, 0.6) is 11.5 Å². The normalized spacial score (nSPS) is 23.1. The van der Waals surface area contributed by atoms with E-state index in [-0.39, 0.29) is 88.4 Å². The molecule has 6 rings (SSSR count). The van der Waals surface area contributed by atoms with E-state index in [0.29, 0.717) is 53.8 Å². The van der Waals surface area contributed by atoms with Crippen molar-refractivity contribution in [2.75, 3.05) is 46.2 Å². The molecule has 1 amide bonds. The Labute approximate surface area is 355 Å². The highest BCUT2D eigenvalue weighted by Gasteiger charge is 2.65. The first-order chi connectivity index (χ1) is 29.7. The van der Waals surface area contributed by atoms with E-state index in [1.807, 2.05) is 0 Å². The zero-order valence-electron chi connectivity index (χ0n) is 34.1. The van der Waals surface area contributed by atoms with Gasteiger partial charge in [0.05, 0.1) is 54.6 Å². The molecule has 0 aromatic heterocycles. The number of aliphatic hydroxyl groups is 3. The van der Waals surface area contributed by atoms with E-state index in [0.717, 1.165) is 24.0 Å². The molecule has 0 radical (unpaired) electrons. The number of aliphatic hydroxyl groups excluding tert-OH is 3. The average molecular weight is 839 g/mol. The van der Waals surface area contributed by atoms with Gasteiger partial charge in [-0.25, -0.2) is 0 Å². The van der Waals surface area contributed by atoms with Gasteiger partial charge in [-0.05, 0) is 103 Å². The fraction of sp³-hybridized carbons (Fsp3) is 0.457. The SMILES string of the molecule is C=CCO[C@@]12Oc3ccc(O)cc3[C@H]3[C@H](CCCCO)[C@@H](CCCCO)C=C(C(=NOCc4ccc([N+](=O)[O-])cc4)C[C@@H]1N(CCOCCO)C(=O)c1ccc(C#N)cc1)[C@H]32. The second-order valence-corrected chi connectivity index (χ2v) is 15.5. The third-order valence-electron chi connectivity index (χ3n) is 11.8. The molecule has 0 saturated heterocycles. The molecule has 1 heterocycles. The second kappa shape index (κ2) is 21.2. The number of non-ortho nitro benzene ring substituents is 1. The Bertz CT molecular complexity index is 2080. The molecule has 6 atom stereocenters. The molecular weight excluding hydrogens is 785 g/mol. The van der Waals surface area contributed by atoms with Crippen LogP contribution < -0.4 is 4.74 Å². The van der Waals surface area contributed by atoms with Crippen molar-refractivity contribution in [3.63, 3.8) is 0 Å². The number of amides is 1. The number of hydrogen-bond acceptors (Lipinski definition) is 13. The molecule has 0 bridgehead atoms. The number of hydrogen-bond donors (Lipinski definition) is 4. The fourth-order valence-electron chi connectivity index (χ4n) is 9.14. The van der Waals surface area contributed by atoms with Gasteiger partial charge in [-0.1, -0.05) is 30.1 Å². The number of rotatable bonds is 22. The highest BCUT2D eigenvalue weighted by atomic mass is 16.7.